The van der Waals surface area contributed by atoms with Gasteiger partial charge in [0.15, 0.2) is 0 Å². The number of hydrogen-bond donors (Lipinski definition) is 0. The molecule has 0 N–H and O–H groups in total. The lowest BCUT2D eigenvalue weighted by molar-refractivity contribution is -0.385. The van der Waals surface area contributed by atoms with Crippen LogP contribution in [-0.2, 0) is 6.42 Å². The van der Waals surface area contributed by atoms with Crippen molar-refractivity contribution in [1.29, 1.82) is 0 Å². The van der Waals surface area contributed by atoms with Gasteiger partial charge < -0.3 is 0 Å². The van der Waals surface area contributed by atoms with E-state index in [1.807, 2.05) is 6.07 Å². The summed E-state index contributed by atoms with van der Waals surface area (Å²) >= 11 is 0. The number of nitrogens with zero attached hydrogens (tertiary/aromatic N) is 1. The van der Waals surface area contributed by atoms with E-state index in [4.69, 9.17) is 0 Å². The summed E-state index contributed by atoms with van der Waals surface area (Å²) in [6.45, 7) is 5.49. The zero-order chi connectivity index (χ0) is 9.84. The molecule has 0 aliphatic carbocycles. The van der Waals surface area contributed by atoms with Gasteiger partial charge in [0.1, 0.15) is 0 Å². The smallest absolute Gasteiger partial charge is 0.258 e. The van der Waals surface area contributed by atoms with Gasteiger partial charge in [-0.25, -0.2) is 0 Å². The van der Waals surface area contributed by atoms with Crippen molar-refractivity contribution in [1.82, 2.24) is 0 Å². The summed E-state index contributed by atoms with van der Waals surface area (Å²) < 4.78 is 0. The third-order valence-electron chi connectivity index (χ3n) is 1.92. The molecule has 0 bridgehead atoms. The fraction of sp³-hybridized carbons (Fsp3) is 0.300. The molecule has 3 heteroatoms. The van der Waals surface area contributed by atoms with Crippen molar-refractivity contribution < 1.29 is 4.92 Å². The molecule has 3 nitrogen and oxygen atoms in total. The predicted molar refractivity (Wildman–Crippen MR) is 51.5 cm³/mol. The molecule has 0 aromatic heterocycles. The molecule has 0 atom stereocenters. The molecule has 69 valence electrons. The number of nitro groups is 1. The SMILES string of the molecule is [CH2]CCc1ccc([N+](=O)[O-])c(C)c1. The van der Waals surface area contributed by atoms with Crippen LogP contribution in [0.1, 0.15) is 17.5 Å². The standard InChI is InChI=1S/C10H12NO2/c1-3-4-9-5-6-10(11(12)13)8(2)7-9/h5-7H,1,3-4H2,2H3. The Hall–Kier alpha value is -1.38. The number of nitro benzene ring substituents is 1. The van der Waals surface area contributed by atoms with Gasteiger partial charge in [-0.3, -0.25) is 10.1 Å². The van der Waals surface area contributed by atoms with Crippen LogP contribution in [0.5, 0.6) is 0 Å². The van der Waals surface area contributed by atoms with E-state index in [-0.39, 0.29) is 10.6 Å². The van der Waals surface area contributed by atoms with Crippen molar-refractivity contribution in [3.05, 3.63) is 46.4 Å². The second-order valence-corrected chi connectivity index (χ2v) is 2.98. The van der Waals surface area contributed by atoms with Crippen LogP contribution in [0.3, 0.4) is 0 Å². The van der Waals surface area contributed by atoms with Crippen molar-refractivity contribution in [3.63, 3.8) is 0 Å². The molecule has 0 amide bonds. The Bertz CT molecular complexity index is 321. The molecular formula is C10H12NO2. The molecule has 0 heterocycles. The summed E-state index contributed by atoms with van der Waals surface area (Å²) in [5.41, 5.74) is 2.02. The highest BCUT2D eigenvalue weighted by Crippen LogP contribution is 2.19. The second kappa shape index (κ2) is 4.03. The first-order chi connectivity index (χ1) is 6.15. The molecule has 0 spiro atoms. The van der Waals surface area contributed by atoms with E-state index in [0.29, 0.717) is 0 Å². The van der Waals surface area contributed by atoms with E-state index < -0.39 is 0 Å². The third-order valence-corrected chi connectivity index (χ3v) is 1.92. The average molecular weight is 178 g/mol. The van der Waals surface area contributed by atoms with Gasteiger partial charge in [-0.05, 0) is 31.4 Å². The van der Waals surface area contributed by atoms with Gasteiger partial charge in [0.05, 0.1) is 4.92 Å². The zero-order valence-corrected chi connectivity index (χ0v) is 7.62. The van der Waals surface area contributed by atoms with Crippen LogP contribution in [0.15, 0.2) is 18.2 Å². The molecule has 1 aromatic carbocycles. The fourth-order valence-corrected chi connectivity index (χ4v) is 1.28. The molecular weight excluding hydrogens is 166 g/mol. The summed E-state index contributed by atoms with van der Waals surface area (Å²) in [5.74, 6) is 0. The second-order valence-electron chi connectivity index (χ2n) is 2.98. The topological polar surface area (TPSA) is 43.1 Å². The van der Waals surface area contributed by atoms with Gasteiger partial charge >= 0.3 is 0 Å². The number of hydrogen-bond acceptors (Lipinski definition) is 2. The van der Waals surface area contributed by atoms with E-state index in [9.17, 15) is 10.1 Å². The third kappa shape index (κ3) is 2.28. The Morgan fingerprint density at radius 1 is 1.54 bits per heavy atom. The van der Waals surface area contributed by atoms with Crippen LogP contribution in [0.25, 0.3) is 0 Å². The van der Waals surface area contributed by atoms with E-state index >= 15 is 0 Å². The highest BCUT2D eigenvalue weighted by molar-refractivity contribution is 5.41. The monoisotopic (exact) mass is 178 g/mol. The highest BCUT2D eigenvalue weighted by atomic mass is 16.6. The first-order valence-electron chi connectivity index (χ1n) is 4.18. The lowest BCUT2D eigenvalue weighted by atomic mass is 10.1. The number of benzene rings is 1. The van der Waals surface area contributed by atoms with Crippen LogP contribution < -0.4 is 0 Å². The Morgan fingerprint density at radius 3 is 2.69 bits per heavy atom. The van der Waals surface area contributed by atoms with Crippen LogP contribution >= 0.6 is 0 Å². The van der Waals surface area contributed by atoms with E-state index in [1.54, 1.807) is 19.1 Å². The molecule has 1 rings (SSSR count). The first kappa shape index (κ1) is 9.71. The normalized spacial score (nSPS) is 10.0. The average Bonchev–Trinajstić information content (AvgIpc) is 2.04. The summed E-state index contributed by atoms with van der Waals surface area (Å²) in [6, 6.07) is 5.19. The van der Waals surface area contributed by atoms with Gasteiger partial charge in [-0.15, -0.1) is 0 Å². The quantitative estimate of drug-likeness (QED) is 0.527. The highest BCUT2D eigenvalue weighted by Gasteiger charge is 2.09. The summed E-state index contributed by atoms with van der Waals surface area (Å²) in [6.07, 6.45) is 1.69. The fourth-order valence-electron chi connectivity index (χ4n) is 1.28. The molecule has 0 fully saturated rings. The van der Waals surface area contributed by atoms with Gasteiger partial charge in [0.2, 0.25) is 0 Å². The lowest BCUT2D eigenvalue weighted by Crippen LogP contribution is -1.93. The van der Waals surface area contributed by atoms with Crippen molar-refractivity contribution in [2.75, 3.05) is 0 Å². The minimum atomic E-state index is -0.358. The van der Waals surface area contributed by atoms with Crippen LogP contribution in [0.4, 0.5) is 5.69 Å². The van der Waals surface area contributed by atoms with Crippen LogP contribution in [0.2, 0.25) is 0 Å². The Morgan fingerprint density at radius 2 is 2.23 bits per heavy atom. The molecule has 0 unspecified atom stereocenters. The Labute approximate surface area is 77.5 Å². The molecule has 0 saturated heterocycles. The minimum absolute atomic E-state index is 0.188. The molecule has 1 aromatic rings. The van der Waals surface area contributed by atoms with Gasteiger partial charge in [-0.1, -0.05) is 13.0 Å². The minimum Gasteiger partial charge on any atom is -0.258 e. The molecule has 0 aliphatic rings. The Kier molecular flexibility index (Phi) is 3.01. The molecule has 13 heavy (non-hydrogen) atoms. The predicted octanol–water partition coefficient (Wildman–Crippen LogP) is 2.67. The zero-order valence-electron chi connectivity index (χ0n) is 7.62. The molecule has 1 radical (unpaired) electrons. The first-order valence-corrected chi connectivity index (χ1v) is 4.18. The van der Waals surface area contributed by atoms with Gasteiger partial charge in [-0.2, -0.15) is 0 Å². The Balaban J connectivity index is 2.98. The maximum atomic E-state index is 10.5. The van der Waals surface area contributed by atoms with Crippen molar-refractivity contribution in [3.8, 4) is 0 Å². The molecule has 0 aliphatic heterocycles. The van der Waals surface area contributed by atoms with Crippen LogP contribution in [0, 0.1) is 24.0 Å². The summed E-state index contributed by atoms with van der Waals surface area (Å²) in [4.78, 5) is 10.1. The number of aryl methyl sites for hydroxylation is 2. The van der Waals surface area contributed by atoms with Crippen molar-refractivity contribution >= 4 is 5.69 Å². The largest absolute Gasteiger partial charge is 0.272 e. The van der Waals surface area contributed by atoms with Crippen molar-refractivity contribution in [2.45, 2.75) is 19.8 Å². The van der Waals surface area contributed by atoms with E-state index in [1.165, 1.54) is 0 Å². The molecule has 0 saturated carbocycles. The van der Waals surface area contributed by atoms with E-state index in [0.717, 1.165) is 24.0 Å². The number of rotatable bonds is 3. The van der Waals surface area contributed by atoms with Crippen LogP contribution in [-0.4, -0.2) is 4.92 Å². The van der Waals surface area contributed by atoms with E-state index in [2.05, 4.69) is 6.92 Å². The van der Waals surface area contributed by atoms with Crippen molar-refractivity contribution in [2.24, 2.45) is 0 Å². The maximum absolute atomic E-state index is 10.5. The summed E-state index contributed by atoms with van der Waals surface area (Å²) in [7, 11) is 0. The maximum Gasteiger partial charge on any atom is 0.272 e. The summed E-state index contributed by atoms with van der Waals surface area (Å²) in [5, 5.41) is 10.5. The lowest BCUT2D eigenvalue weighted by Gasteiger charge is -2.00. The van der Waals surface area contributed by atoms with Gasteiger partial charge in [0, 0.05) is 11.6 Å². The van der Waals surface area contributed by atoms with Gasteiger partial charge in [0.25, 0.3) is 5.69 Å².